The van der Waals surface area contributed by atoms with Crippen LogP contribution in [0.1, 0.15) is 5.56 Å². The summed E-state index contributed by atoms with van der Waals surface area (Å²) in [7, 11) is 0. The largest absolute Gasteiger partial charge is 0.480 e. The molecule has 0 saturated heterocycles. The maximum Gasteiger partial charge on any atom is 0.211 e. The van der Waals surface area contributed by atoms with Crippen molar-refractivity contribution < 1.29 is 4.74 Å². The van der Waals surface area contributed by atoms with Gasteiger partial charge >= 0.3 is 0 Å². The molecule has 1 heterocycles. The highest BCUT2D eigenvalue weighted by atomic mass is 79.9. The molecule has 102 valence electrons. The minimum atomic E-state index is 0.213. The summed E-state index contributed by atoms with van der Waals surface area (Å²) in [5, 5.41) is 12.8. The Hall–Kier alpha value is -1.78. The number of aromatic nitrogens is 3. The van der Waals surface area contributed by atoms with Crippen molar-refractivity contribution in [3.8, 4) is 18.1 Å². The molecule has 0 bridgehead atoms. The number of ether oxygens (including phenoxy) is 1. The second-order valence-corrected chi connectivity index (χ2v) is 5.27. The van der Waals surface area contributed by atoms with E-state index in [1.165, 1.54) is 11.8 Å². The average Bonchev–Trinajstić information content (AvgIpc) is 2.91. The Morgan fingerprint density at radius 3 is 3.20 bits per heavy atom. The number of hydrogen-bond donors (Lipinski definition) is 0. The van der Waals surface area contributed by atoms with E-state index in [1.807, 2.05) is 24.5 Å². The molecule has 0 aliphatic carbocycles. The van der Waals surface area contributed by atoms with Crippen LogP contribution in [-0.2, 0) is 0 Å². The zero-order valence-electron chi connectivity index (χ0n) is 10.7. The fraction of sp³-hybridized carbons (Fsp3) is 0.154. The van der Waals surface area contributed by atoms with Gasteiger partial charge in [-0.1, -0.05) is 33.6 Å². The Balaban J connectivity index is 2.28. The highest BCUT2D eigenvalue weighted by molar-refractivity contribution is 9.10. The second-order valence-electron chi connectivity index (χ2n) is 3.58. The number of hydrogen-bond acceptors (Lipinski definition) is 5. The zero-order valence-corrected chi connectivity index (χ0v) is 13.1. The van der Waals surface area contributed by atoms with E-state index in [2.05, 4.69) is 37.1 Å². The third-order valence-corrected chi connectivity index (χ3v) is 3.41. The Kier molecular flexibility index (Phi) is 5.21. The van der Waals surface area contributed by atoms with Gasteiger partial charge < -0.3 is 4.74 Å². The number of terminal acetylenes is 1. The van der Waals surface area contributed by atoms with Crippen LogP contribution in [0.25, 0.3) is 0 Å². The van der Waals surface area contributed by atoms with E-state index in [9.17, 15) is 0 Å². The number of benzene rings is 1. The first-order valence-corrected chi connectivity index (χ1v) is 7.60. The normalized spacial score (nSPS) is 10.7. The molecule has 7 heteroatoms. The Labute approximate surface area is 129 Å². The van der Waals surface area contributed by atoms with Crippen LogP contribution >= 0.6 is 27.7 Å². The zero-order chi connectivity index (χ0) is 14.4. The lowest BCUT2D eigenvalue weighted by atomic mass is 10.2. The van der Waals surface area contributed by atoms with Gasteiger partial charge in [-0.3, -0.25) is 0 Å². The first-order valence-electron chi connectivity index (χ1n) is 5.58. The van der Waals surface area contributed by atoms with Crippen molar-refractivity contribution in [1.29, 1.82) is 0 Å². The lowest BCUT2D eigenvalue weighted by Gasteiger charge is -2.06. The molecule has 0 radical (unpaired) electrons. The van der Waals surface area contributed by atoms with Crippen molar-refractivity contribution >= 4 is 33.9 Å². The van der Waals surface area contributed by atoms with Crippen molar-refractivity contribution in [2.45, 2.75) is 5.16 Å². The summed E-state index contributed by atoms with van der Waals surface area (Å²) in [5.41, 5.74) is 0.815. The highest BCUT2D eigenvalue weighted by Gasteiger charge is 2.04. The Bertz CT molecular complexity index is 663. The van der Waals surface area contributed by atoms with E-state index in [0.717, 1.165) is 10.0 Å². The molecule has 2 rings (SSSR count). The number of nitrogens with zero attached hydrogens (tertiary/aromatic N) is 4. The van der Waals surface area contributed by atoms with Crippen LogP contribution in [0.2, 0.25) is 0 Å². The van der Waals surface area contributed by atoms with Gasteiger partial charge in [0.05, 0.1) is 6.21 Å². The van der Waals surface area contributed by atoms with Crippen molar-refractivity contribution in [3.63, 3.8) is 0 Å². The van der Waals surface area contributed by atoms with Crippen LogP contribution in [0, 0.1) is 12.3 Å². The third kappa shape index (κ3) is 3.62. The summed E-state index contributed by atoms with van der Waals surface area (Å²) in [5.74, 6) is 3.11. The molecule has 1 aromatic carbocycles. The van der Waals surface area contributed by atoms with Crippen LogP contribution in [0.4, 0.5) is 0 Å². The molecule has 0 spiro atoms. The molecular formula is C13H11BrN4OS. The quantitative estimate of drug-likeness (QED) is 0.472. The number of rotatable bonds is 5. The van der Waals surface area contributed by atoms with E-state index in [1.54, 1.807) is 17.2 Å². The Morgan fingerprint density at radius 1 is 1.60 bits per heavy atom. The van der Waals surface area contributed by atoms with Gasteiger partial charge in [0.2, 0.25) is 5.16 Å². The molecule has 0 unspecified atom stereocenters. The number of thioether (sulfide) groups is 1. The van der Waals surface area contributed by atoms with Gasteiger partial charge in [0.25, 0.3) is 0 Å². The van der Waals surface area contributed by atoms with E-state index >= 15 is 0 Å². The molecule has 20 heavy (non-hydrogen) atoms. The van der Waals surface area contributed by atoms with Crippen molar-refractivity contribution in [1.82, 2.24) is 14.9 Å². The summed E-state index contributed by atoms with van der Waals surface area (Å²) in [6.07, 6.45) is 10.3. The summed E-state index contributed by atoms with van der Waals surface area (Å²) >= 11 is 4.89. The summed E-state index contributed by atoms with van der Waals surface area (Å²) in [4.78, 5) is 0. The van der Waals surface area contributed by atoms with Crippen molar-refractivity contribution in [2.24, 2.45) is 5.10 Å². The summed E-state index contributed by atoms with van der Waals surface area (Å²) < 4.78 is 8.00. The molecule has 1 aromatic heterocycles. The monoisotopic (exact) mass is 350 g/mol. The van der Waals surface area contributed by atoms with Gasteiger partial charge in [0.15, 0.2) is 0 Å². The second kappa shape index (κ2) is 7.12. The van der Waals surface area contributed by atoms with Gasteiger partial charge in [-0.15, -0.1) is 16.6 Å². The first-order chi connectivity index (χ1) is 9.74. The van der Waals surface area contributed by atoms with Crippen molar-refractivity contribution in [2.75, 3.05) is 12.9 Å². The molecule has 0 aliphatic heterocycles. The standard InChI is InChI=1S/C13H11BrN4OS/c1-3-6-19-12-5-4-11(14)7-10(12)8-16-18-9-15-17-13(18)20-2/h1,4-5,7-9H,6H2,2H3/b16-8-. The predicted octanol–water partition coefficient (Wildman–Crippen LogP) is 2.66. The smallest absolute Gasteiger partial charge is 0.211 e. The van der Waals surface area contributed by atoms with Crippen LogP contribution in [0.5, 0.6) is 5.75 Å². The molecule has 2 aromatic rings. The molecule has 0 atom stereocenters. The summed E-state index contributed by atoms with van der Waals surface area (Å²) in [6.45, 7) is 0.213. The van der Waals surface area contributed by atoms with Crippen molar-refractivity contribution in [3.05, 3.63) is 34.6 Å². The van der Waals surface area contributed by atoms with E-state index in [0.29, 0.717) is 10.9 Å². The van der Waals surface area contributed by atoms with E-state index in [4.69, 9.17) is 11.2 Å². The minimum Gasteiger partial charge on any atom is -0.480 e. The highest BCUT2D eigenvalue weighted by Crippen LogP contribution is 2.22. The lowest BCUT2D eigenvalue weighted by Crippen LogP contribution is -1.98. The first kappa shape index (κ1) is 14.6. The van der Waals surface area contributed by atoms with E-state index in [-0.39, 0.29) is 6.61 Å². The average molecular weight is 351 g/mol. The minimum absolute atomic E-state index is 0.213. The maximum atomic E-state index is 5.47. The SMILES string of the molecule is C#CCOc1ccc(Br)cc1/C=N\n1cnnc1SC. The van der Waals surface area contributed by atoms with Gasteiger partial charge in [-0.25, -0.2) is 0 Å². The fourth-order valence-corrected chi connectivity index (χ4v) is 2.22. The lowest BCUT2D eigenvalue weighted by molar-refractivity contribution is 0.370. The molecule has 0 amide bonds. The molecule has 0 aliphatic rings. The van der Waals surface area contributed by atoms with Gasteiger partial charge in [0.1, 0.15) is 18.7 Å². The van der Waals surface area contributed by atoms with Gasteiger partial charge in [-0.05, 0) is 24.5 Å². The van der Waals surface area contributed by atoms with Gasteiger partial charge in [0, 0.05) is 10.0 Å². The molecular weight excluding hydrogens is 340 g/mol. The fourth-order valence-electron chi connectivity index (χ4n) is 1.43. The maximum absolute atomic E-state index is 5.47. The third-order valence-electron chi connectivity index (χ3n) is 2.29. The molecule has 0 N–H and O–H groups in total. The Morgan fingerprint density at radius 2 is 2.45 bits per heavy atom. The molecule has 5 nitrogen and oxygen atoms in total. The summed E-state index contributed by atoms with van der Waals surface area (Å²) in [6, 6.07) is 5.62. The van der Waals surface area contributed by atoms with E-state index < -0.39 is 0 Å². The topological polar surface area (TPSA) is 52.3 Å². The molecule has 0 saturated carbocycles. The van der Waals surface area contributed by atoms with Crippen LogP contribution in [0.3, 0.4) is 0 Å². The molecule has 0 fully saturated rings. The van der Waals surface area contributed by atoms with Crippen LogP contribution in [-0.4, -0.2) is 34.0 Å². The predicted molar refractivity (Wildman–Crippen MR) is 83.3 cm³/mol. The van der Waals surface area contributed by atoms with Crippen LogP contribution in [0.15, 0.2) is 39.3 Å². The number of halogens is 1. The van der Waals surface area contributed by atoms with Crippen LogP contribution < -0.4 is 4.74 Å². The van der Waals surface area contributed by atoms with Gasteiger partial charge in [-0.2, -0.15) is 9.78 Å².